The molecule has 1 aromatic heterocycles. The van der Waals surface area contributed by atoms with E-state index >= 15 is 0 Å². The first-order valence-corrected chi connectivity index (χ1v) is 5.92. The first-order valence-electron chi connectivity index (χ1n) is 5.92. The van der Waals surface area contributed by atoms with Crippen molar-refractivity contribution in [3.8, 4) is 23.3 Å². The van der Waals surface area contributed by atoms with Crippen molar-refractivity contribution in [2.45, 2.75) is 0 Å². The third kappa shape index (κ3) is 2.42. The van der Waals surface area contributed by atoms with Crippen LogP contribution >= 0.6 is 0 Å². The minimum absolute atomic E-state index is 0.0897. The highest BCUT2D eigenvalue weighted by Gasteiger charge is 2.22. The van der Waals surface area contributed by atoms with Crippen LogP contribution < -0.4 is 16.8 Å². The topological polar surface area (TPSA) is 147 Å². The lowest BCUT2D eigenvalue weighted by molar-refractivity contribution is 0.423. The van der Waals surface area contributed by atoms with Gasteiger partial charge in [0.1, 0.15) is 34.9 Å². The smallest absolute Gasteiger partial charge is 0.423 e. The number of hydrogen-bond acceptors (Lipinski definition) is 6. The van der Waals surface area contributed by atoms with Gasteiger partial charge in [0.05, 0.1) is 0 Å². The van der Waals surface area contributed by atoms with Gasteiger partial charge in [-0.15, -0.1) is 0 Å². The van der Waals surface area contributed by atoms with Crippen molar-refractivity contribution in [1.82, 2.24) is 4.98 Å². The number of H-pyrrole nitrogens is 1. The van der Waals surface area contributed by atoms with Crippen LogP contribution in [-0.4, -0.2) is 22.2 Å². The van der Waals surface area contributed by atoms with Gasteiger partial charge < -0.3 is 20.8 Å². The van der Waals surface area contributed by atoms with Crippen molar-refractivity contribution in [3.05, 3.63) is 45.5 Å². The molecule has 0 saturated carbocycles. The van der Waals surface area contributed by atoms with Gasteiger partial charge in [-0.05, 0) is 11.6 Å². The molecule has 2 rings (SSSR count). The summed E-state index contributed by atoms with van der Waals surface area (Å²) in [5.74, 6) is -1.12. The number of aromatic nitrogens is 1. The molecule has 1 aromatic carbocycles. The molecule has 0 amide bonds. The fourth-order valence-corrected chi connectivity index (χ4v) is 2.03. The Morgan fingerprint density at radius 3 is 2.41 bits per heavy atom. The summed E-state index contributed by atoms with van der Waals surface area (Å²) < 4.78 is 13.5. The van der Waals surface area contributed by atoms with Gasteiger partial charge in [0.15, 0.2) is 0 Å². The number of nitriles is 2. The Labute approximate surface area is 123 Å². The zero-order chi connectivity index (χ0) is 16.4. The second kappa shape index (κ2) is 5.70. The minimum Gasteiger partial charge on any atom is -0.423 e. The van der Waals surface area contributed by atoms with Crippen molar-refractivity contribution in [2.24, 2.45) is 0 Å². The zero-order valence-corrected chi connectivity index (χ0v) is 11.0. The number of aromatic amines is 1. The SMILES string of the molecule is N#Cc1c(N)[nH]c(=O)c(C#N)c1-c1ccc(F)c(B(O)O)c1. The Balaban J connectivity index is 2.89. The first-order chi connectivity index (χ1) is 10.4. The van der Waals surface area contributed by atoms with E-state index in [-0.39, 0.29) is 28.1 Å². The van der Waals surface area contributed by atoms with E-state index in [1.165, 1.54) is 6.07 Å². The van der Waals surface area contributed by atoms with E-state index < -0.39 is 24.0 Å². The molecule has 0 aliphatic carbocycles. The lowest BCUT2D eigenvalue weighted by atomic mass is 9.78. The summed E-state index contributed by atoms with van der Waals surface area (Å²) in [6.07, 6.45) is 0. The Morgan fingerprint density at radius 1 is 1.23 bits per heavy atom. The van der Waals surface area contributed by atoms with Crippen LogP contribution in [0.1, 0.15) is 11.1 Å². The Hall–Kier alpha value is -3.14. The van der Waals surface area contributed by atoms with Crippen LogP contribution in [0.4, 0.5) is 10.2 Å². The first kappa shape index (κ1) is 15.3. The second-order valence-corrected chi connectivity index (χ2v) is 4.33. The molecule has 1 heterocycles. The molecule has 0 radical (unpaired) electrons. The molecular formula is C13H8BFN4O3. The van der Waals surface area contributed by atoms with Gasteiger partial charge in [-0.1, -0.05) is 12.1 Å². The number of rotatable bonds is 2. The number of hydrogen-bond donors (Lipinski definition) is 4. The van der Waals surface area contributed by atoms with Crippen LogP contribution in [0.5, 0.6) is 0 Å². The zero-order valence-electron chi connectivity index (χ0n) is 11.0. The van der Waals surface area contributed by atoms with Crippen LogP contribution in [-0.2, 0) is 0 Å². The standard InChI is InChI=1S/C13H8BFN4O3/c15-10-2-1-6(3-9(10)14(21)22)11-7(4-16)12(18)19-13(20)8(11)5-17/h1-3,21-22H,(H3,18,19,20). The maximum Gasteiger partial charge on any atom is 0.491 e. The maximum atomic E-state index is 13.5. The lowest BCUT2D eigenvalue weighted by Crippen LogP contribution is -2.32. The third-order valence-electron chi connectivity index (χ3n) is 3.03. The number of nitrogen functional groups attached to an aromatic ring is 1. The van der Waals surface area contributed by atoms with Gasteiger partial charge in [-0.3, -0.25) is 4.79 Å². The van der Waals surface area contributed by atoms with Crippen molar-refractivity contribution in [3.63, 3.8) is 0 Å². The van der Waals surface area contributed by atoms with E-state index in [2.05, 4.69) is 4.98 Å². The van der Waals surface area contributed by atoms with Crippen LogP contribution in [0.25, 0.3) is 11.1 Å². The van der Waals surface area contributed by atoms with E-state index in [0.29, 0.717) is 0 Å². The number of benzene rings is 1. The molecular weight excluding hydrogens is 290 g/mol. The highest BCUT2D eigenvalue weighted by molar-refractivity contribution is 6.58. The van der Waals surface area contributed by atoms with Crippen molar-refractivity contribution in [1.29, 1.82) is 10.5 Å². The minimum atomic E-state index is -2.09. The molecule has 108 valence electrons. The van der Waals surface area contributed by atoms with E-state index in [9.17, 15) is 14.4 Å². The number of halogens is 1. The van der Waals surface area contributed by atoms with Crippen LogP contribution in [0.15, 0.2) is 23.0 Å². The van der Waals surface area contributed by atoms with E-state index in [4.69, 9.17) is 21.0 Å². The third-order valence-corrected chi connectivity index (χ3v) is 3.03. The summed E-state index contributed by atoms with van der Waals surface area (Å²) in [5.41, 5.74) is 3.76. The molecule has 5 N–H and O–H groups in total. The quantitative estimate of drug-likeness (QED) is 0.533. The molecule has 0 fully saturated rings. The molecule has 2 aromatic rings. The molecule has 9 heteroatoms. The van der Waals surface area contributed by atoms with Crippen LogP contribution in [0.2, 0.25) is 0 Å². The molecule has 22 heavy (non-hydrogen) atoms. The molecule has 0 aliphatic rings. The van der Waals surface area contributed by atoms with E-state index in [0.717, 1.165) is 12.1 Å². The number of nitrogens with zero attached hydrogens (tertiary/aromatic N) is 2. The Bertz CT molecular complexity index is 896. The predicted molar refractivity (Wildman–Crippen MR) is 76.1 cm³/mol. The molecule has 0 atom stereocenters. The normalized spacial score (nSPS) is 9.86. The summed E-state index contributed by atoms with van der Waals surface area (Å²) in [4.78, 5) is 14.0. The fourth-order valence-electron chi connectivity index (χ4n) is 2.03. The van der Waals surface area contributed by atoms with Crippen LogP contribution in [0, 0.1) is 28.5 Å². The molecule has 0 bridgehead atoms. The van der Waals surface area contributed by atoms with Crippen LogP contribution in [0.3, 0.4) is 0 Å². The Morgan fingerprint density at radius 2 is 1.86 bits per heavy atom. The highest BCUT2D eigenvalue weighted by Crippen LogP contribution is 2.27. The summed E-state index contributed by atoms with van der Waals surface area (Å²) in [6.45, 7) is 0. The lowest BCUT2D eigenvalue weighted by Gasteiger charge is -2.10. The van der Waals surface area contributed by atoms with Crippen molar-refractivity contribution in [2.75, 3.05) is 5.73 Å². The Kier molecular flexibility index (Phi) is 3.95. The van der Waals surface area contributed by atoms with Gasteiger partial charge in [0, 0.05) is 11.0 Å². The second-order valence-electron chi connectivity index (χ2n) is 4.33. The molecule has 7 nitrogen and oxygen atoms in total. The molecule has 0 unspecified atom stereocenters. The molecule has 0 aliphatic heterocycles. The van der Waals surface area contributed by atoms with Gasteiger partial charge >= 0.3 is 7.12 Å². The number of pyridine rings is 1. The average Bonchev–Trinajstić information content (AvgIpc) is 2.47. The average molecular weight is 298 g/mol. The highest BCUT2D eigenvalue weighted by atomic mass is 19.1. The fraction of sp³-hybridized carbons (Fsp3) is 0. The maximum absolute atomic E-state index is 13.5. The van der Waals surface area contributed by atoms with Gasteiger partial charge in [0.2, 0.25) is 0 Å². The van der Waals surface area contributed by atoms with Gasteiger partial charge in [-0.2, -0.15) is 10.5 Å². The molecule has 0 spiro atoms. The summed E-state index contributed by atoms with van der Waals surface area (Å²) in [7, 11) is -2.09. The summed E-state index contributed by atoms with van der Waals surface area (Å²) in [5, 5.41) is 36.5. The van der Waals surface area contributed by atoms with E-state index in [1.54, 1.807) is 12.1 Å². The number of nitrogens with one attached hydrogen (secondary N) is 1. The van der Waals surface area contributed by atoms with Gasteiger partial charge in [-0.25, -0.2) is 4.39 Å². The molecule has 0 saturated heterocycles. The number of anilines is 1. The monoisotopic (exact) mass is 298 g/mol. The predicted octanol–water partition coefficient (Wildman–Crippen LogP) is -0.814. The van der Waals surface area contributed by atoms with Crippen molar-refractivity contribution < 1.29 is 14.4 Å². The van der Waals surface area contributed by atoms with Gasteiger partial charge in [0.25, 0.3) is 5.56 Å². The summed E-state index contributed by atoms with van der Waals surface area (Å²) in [6, 6.07) is 6.60. The largest absolute Gasteiger partial charge is 0.491 e. The number of nitrogens with two attached hydrogens (primary N) is 1. The summed E-state index contributed by atoms with van der Waals surface area (Å²) >= 11 is 0. The van der Waals surface area contributed by atoms with Crippen molar-refractivity contribution >= 4 is 18.4 Å². The van der Waals surface area contributed by atoms with E-state index in [1.807, 2.05) is 0 Å².